The number of hydrogen-bond donors (Lipinski definition) is 2. The number of H-pyrrole nitrogens is 1. The minimum absolute atomic E-state index is 0.668. The van der Waals surface area contributed by atoms with Crippen molar-refractivity contribution in [2.24, 2.45) is 0 Å². The Morgan fingerprint density at radius 1 is 1.19 bits per heavy atom. The molecule has 6 nitrogen and oxygen atoms in total. The molecule has 0 atom stereocenters. The Morgan fingerprint density at radius 2 is 2.05 bits per heavy atom. The van der Waals surface area contributed by atoms with E-state index in [0.717, 1.165) is 35.1 Å². The van der Waals surface area contributed by atoms with Crippen LogP contribution in [-0.4, -0.2) is 44.4 Å². The molecule has 0 fully saturated rings. The van der Waals surface area contributed by atoms with Gasteiger partial charge in [-0.3, -0.25) is 0 Å². The largest absolute Gasteiger partial charge is 0.497 e. The Hall–Kier alpha value is -2.05. The highest BCUT2D eigenvalue weighted by Gasteiger charge is 2.10. The van der Waals surface area contributed by atoms with Gasteiger partial charge in [0.05, 0.1) is 39.3 Å². The Balaban J connectivity index is 2.10. The highest BCUT2D eigenvalue weighted by atomic mass is 16.5. The van der Waals surface area contributed by atoms with Crippen LogP contribution in [0.15, 0.2) is 24.4 Å². The molecule has 0 spiro atoms. The zero-order chi connectivity index (χ0) is 15.1. The fourth-order valence-corrected chi connectivity index (χ4v) is 1.99. The summed E-state index contributed by atoms with van der Waals surface area (Å²) in [5.74, 6) is 2.38. The number of methoxy groups -OCH3 is 3. The molecule has 2 rings (SSSR count). The summed E-state index contributed by atoms with van der Waals surface area (Å²) >= 11 is 0. The number of aromatic amines is 1. The highest BCUT2D eigenvalue weighted by Crippen LogP contribution is 2.32. The Kier molecular flexibility index (Phi) is 5.59. The summed E-state index contributed by atoms with van der Waals surface area (Å²) in [5, 5.41) is 3.24. The van der Waals surface area contributed by atoms with Crippen molar-refractivity contribution in [1.82, 2.24) is 15.3 Å². The van der Waals surface area contributed by atoms with Gasteiger partial charge in [0, 0.05) is 25.3 Å². The monoisotopic (exact) mass is 291 g/mol. The van der Waals surface area contributed by atoms with Gasteiger partial charge in [-0.1, -0.05) is 0 Å². The lowest BCUT2D eigenvalue weighted by Gasteiger charge is -2.08. The zero-order valence-electron chi connectivity index (χ0n) is 12.6. The summed E-state index contributed by atoms with van der Waals surface area (Å²) in [7, 11) is 4.96. The van der Waals surface area contributed by atoms with Gasteiger partial charge in [-0.15, -0.1) is 0 Å². The van der Waals surface area contributed by atoms with Crippen LogP contribution in [0.4, 0.5) is 0 Å². The second kappa shape index (κ2) is 7.66. The molecule has 1 heterocycles. The summed E-state index contributed by atoms with van der Waals surface area (Å²) in [6.45, 7) is 2.14. The van der Waals surface area contributed by atoms with Crippen molar-refractivity contribution in [2.75, 3.05) is 34.5 Å². The molecule has 21 heavy (non-hydrogen) atoms. The van der Waals surface area contributed by atoms with E-state index < -0.39 is 0 Å². The van der Waals surface area contributed by atoms with E-state index in [9.17, 15) is 0 Å². The van der Waals surface area contributed by atoms with Crippen LogP contribution in [0.25, 0.3) is 11.3 Å². The first-order valence-electron chi connectivity index (χ1n) is 6.74. The van der Waals surface area contributed by atoms with Crippen molar-refractivity contribution in [1.29, 1.82) is 0 Å². The maximum absolute atomic E-state index is 5.40. The van der Waals surface area contributed by atoms with Gasteiger partial charge >= 0.3 is 0 Å². The zero-order valence-corrected chi connectivity index (χ0v) is 12.6. The number of nitrogens with one attached hydrogen (secondary N) is 2. The van der Waals surface area contributed by atoms with Crippen LogP contribution >= 0.6 is 0 Å². The second-order valence-electron chi connectivity index (χ2n) is 4.48. The molecule has 2 aromatic rings. The van der Waals surface area contributed by atoms with Gasteiger partial charge < -0.3 is 24.5 Å². The number of benzene rings is 1. The van der Waals surface area contributed by atoms with Crippen LogP contribution in [-0.2, 0) is 11.3 Å². The van der Waals surface area contributed by atoms with Gasteiger partial charge in [-0.25, -0.2) is 4.98 Å². The van der Waals surface area contributed by atoms with Gasteiger partial charge in [0.2, 0.25) is 0 Å². The molecule has 0 aliphatic heterocycles. The van der Waals surface area contributed by atoms with Crippen molar-refractivity contribution < 1.29 is 14.2 Å². The summed E-state index contributed by atoms with van der Waals surface area (Å²) in [4.78, 5) is 7.65. The van der Waals surface area contributed by atoms with Crippen LogP contribution in [0.3, 0.4) is 0 Å². The molecule has 0 amide bonds. The topological polar surface area (TPSA) is 68.4 Å². The first-order valence-corrected chi connectivity index (χ1v) is 6.74. The Morgan fingerprint density at radius 3 is 2.76 bits per heavy atom. The van der Waals surface area contributed by atoms with E-state index in [1.54, 1.807) is 27.5 Å². The predicted octanol–water partition coefficient (Wildman–Crippen LogP) is 1.83. The van der Waals surface area contributed by atoms with E-state index in [2.05, 4.69) is 15.3 Å². The molecule has 114 valence electrons. The second-order valence-corrected chi connectivity index (χ2v) is 4.48. The van der Waals surface area contributed by atoms with Crippen LogP contribution < -0.4 is 14.8 Å². The number of aromatic nitrogens is 2. The van der Waals surface area contributed by atoms with Gasteiger partial charge in [0.15, 0.2) is 0 Å². The maximum Gasteiger partial charge on any atom is 0.131 e. The first kappa shape index (κ1) is 15.3. The van der Waals surface area contributed by atoms with Crippen molar-refractivity contribution in [3.05, 3.63) is 30.2 Å². The average Bonchev–Trinajstić information content (AvgIpc) is 2.99. The van der Waals surface area contributed by atoms with Crippen molar-refractivity contribution >= 4 is 0 Å². The SMILES string of the molecule is COCCNCc1ncc(-c2ccc(OC)cc2OC)[nH]1. The molecule has 0 radical (unpaired) electrons. The predicted molar refractivity (Wildman–Crippen MR) is 80.7 cm³/mol. The quantitative estimate of drug-likeness (QED) is 0.726. The molecule has 1 aromatic carbocycles. The summed E-state index contributed by atoms with van der Waals surface area (Å²) in [5.41, 5.74) is 1.87. The number of rotatable bonds is 8. The van der Waals surface area contributed by atoms with Crippen molar-refractivity contribution in [3.63, 3.8) is 0 Å². The summed E-state index contributed by atoms with van der Waals surface area (Å²) in [6.07, 6.45) is 1.80. The minimum atomic E-state index is 0.668. The maximum atomic E-state index is 5.40. The number of imidazole rings is 1. The molecule has 0 unspecified atom stereocenters. The van der Waals surface area contributed by atoms with Gasteiger partial charge in [-0.05, 0) is 12.1 Å². The van der Waals surface area contributed by atoms with Crippen LogP contribution in [0.1, 0.15) is 5.82 Å². The average molecular weight is 291 g/mol. The van der Waals surface area contributed by atoms with E-state index in [4.69, 9.17) is 14.2 Å². The van der Waals surface area contributed by atoms with Crippen LogP contribution in [0, 0.1) is 0 Å². The molecule has 0 aliphatic rings. The Labute approximate surface area is 124 Å². The molecule has 6 heteroatoms. The lowest BCUT2D eigenvalue weighted by Crippen LogP contribution is -2.19. The standard InChI is InChI=1S/C15H21N3O3/c1-19-7-6-16-10-15-17-9-13(18-15)12-5-4-11(20-2)8-14(12)21-3/h4-5,8-9,16H,6-7,10H2,1-3H3,(H,17,18). The van der Waals surface area contributed by atoms with E-state index in [1.807, 2.05) is 18.2 Å². The normalized spacial score (nSPS) is 10.6. The van der Waals surface area contributed by atoms with Gasteiger partial charge in [0.25, 0.3) is 0 Å². The molecule has 0 saturated carbocycles. The lowest BCUT2D eigenvalue weighted by atomic mass is 10.1. The number of nitrogens with zero attached hydrogens (tertiary/aromatic N) is 1. The van der Waals surface area contributed by atoms with Crippen molar-refractivity contribution in [3.8, 4) is 22.8 Å². The smallest absolute Gasteiger partial charge is 0.131 e. The van der Waals surface area contributed by atoms with Crippen LogP contribution in [0.5, 0.6) is 11.5 Å². The molecule has 1 aromatic heterocycles. The van der Waals surface area contributed by atoms with Crippen LogP contribution in [0.2, 0.25) is 0 Å². The van der Waals surface area contributed by atoms with E-state index in [1.165, 1.54) is 0 Å². The lowest BCUT2D eigenvalue weighted by molar-refractivity contribution is 0.199. The van der Waals surface area contributed by atoms with Gasteiger partial charge in [-0.2, -0.15) is 0 Å². The Bertz CT molecular complexity index is 569. The van der Waals surface area contributed by atoms with E-state index in [0.29, 0.717) is 13.2 Å². The summed E-state index contributed by atoms with van der Waals surface area (Å²) in [6, 6.07) is 5.70. The summed E-state index contributed by atoms with van der Waals surface area (Å²) < 4.78 is 15.6. The van der Waals surface area contributed by atoms with Gasteiger partial charge in [0.1, 0.15) is 17.3 Å². The van der Waals surface area contributed by atoms with Crippen molar-refractivity contribution in [2.45, 2.75) is 6.54 Å². The highest BCUT2D eigenvalue weighted by molar-refractivity contribution is 5.68. The molecule has 0 bridgehead atoms. The number of ether oxygens (including phenoxy) is 3. The third-order valence-electron chi connectivity index (χ3n) is 3.10. The first-order chi connectivity index (χ1) is 10.3. The minimum Gasteiger partial charge on any atom is -0.497 e. The molecular formula is C15H21N3O3. The fourth-order valence-electron chi connectivity index (χ4n) is 1.99. The third-order valence-corrected chi connectivity index (χ3v) is 3.10. The molecule has 0 saturated heterocycles. The molecule has 0 aliphatic carbocycles. The fraction of sp³-hybridized carbons (Fsp3) is 0.400. The molecular weight excluding hydrogens is 270 g/mol. The number of hydrogen-bond acceptors (Lipinski definition) is 5. The van der Waals surface area contributed by atoms with E-state index >= 15 is 0 Å². The van der Waals surface area contributed by atoms with E-state index in [-0.39, 0.29) is 0 Å². The molecule has 2 N–H and O–H groups in total. The third kappa shape index (κ3) is 3.96.